The molecule has 0 aliphatic carbocycles. The molecule has 13 heteroatoms. The Balaban J connectivity index is 0.000000190. The van der Waals surface area contributed by atoms with Crippen molar-refractivity contribution in [2.24, 2.45) is 0 Å². The first kappa shape index (κ1) is 34.2. The van der Waals surface area contributed by atoms with Crippen LogP contribution in [0.1, 0.15) is 27.3 Å². The molecule has 48 heavy (non-hydrogen) atoms. The fourth-order valence-corrected chi connectivity index (χ4v) is 4.83. The number of nitrogens with zero attached hydrogens (tertiary/aromatic N) is 6. The minimum Gasteiger partial charge on any atom is -0.375 e. The Morgan fingerprint density at radius 1 is 0.604 bits per heavy atom. The molecule has 8 nitrogen and oxygen atoms in total. The Bertz CT molecular complexity index is 1930. The van der Waals surface area contributed by atoms with Crippen LogP contribution in [0.3, 0.4) is 0 Å². The largest absolute Gasteiger partial charge is 0.423 e. The Labute approximate surface area is 283 Å². The fraction of sp³-hybridized carbons (Fsp3) is 0.114. The number of aromatic nitrogens is 6. The van der Waals surface area contributed by atoms with E-state index < -0.39 is 23.9 Å². The zero-order chi connectivity index (χ0) is 34.1. The summed E-state index contributed by atoms with van der Waals surface area (Å²) < 4.78 is 40.8. The second-order valence-corrected chi connectivity index (χ2v) is 11.4. The minimum atomic E-state index is -4.92. The fourth-order valence-electron chi connectivity index (χ4n) is 4.57. The molecule has 6 aromatic rings. The molecule has 1 atom stereocenters. The summed E-state index contributed by atoms with van der Waals surface area (Å²) in [5, 5.41) is 11.6. The van der Waals surface area contributed by atoms with Gasteiger partial charge < -0.3 is 5.11 Å². The van der Waals surface area contributed by atoms with Gasteiger partial charge in [-0.25, -0.2) is 19.9 Å². The van der Waals surface area contributed by atoms with E-state index in [1.54, 1.807) is 48.9 Å². The average molecular weight is 690 g/mol. The van der Waals surface area contributed by atoms with Gasteiger partial charge in [0, 0.05) is 71.2 Å². The highest BCUT2D eigenvalue weighted by atomic mass is 35.5. The highest BCUT2D eigenvalue weighted by Crippen LogP contribution is 2.41. The number of aliphatic hydroxyl groups is 1. The number of halogens is 5. The van der Waals surface area contributed by atoms with E-state index in [0.29, 0.717) is 21.3 Å². The monoisotopic (exact) mass is 688 g/mol. The van der Waals surface area contributed by atoms with Crippen LogP contribution in [0.15, 0.2) is 123 Å². The number of Topliss-reactive ketones (excluding diaryl/α,β-unsaturated/α-hetero) is 1. The van der Waals surface area contributed by atoms with Crippen LogP contribution in [-0.2, 0) is 18.4 Å². The number of hydrogen-bond acceptors (Lipinski definition) is 8. The Kier molecular flexibility index (Phi) is 10.8. The zero-order valence-electron chi connectivity index (χ0n) is 24.9. The van der Waals surface area contributed by atoms with Gasteiger partial charge in [0.05, 0.1) is 5.69 Å². The van der Waals surface area contributed by atoms with Crippen LogP contribution in [0.2, 0.25) is 10.0 Å². The first-order valence-corrected chi connectivity index (χ1v) is 15.0. The second kappa shape index (κ2) is 15.2. The predicted molar refractivity (Wildman–Crippen MR) is 175 cm³/mol. The molecule has 0 fully saturated rings. The lowest BCUT2D eigenvalue weighted by Crippen LogP contribution is -2.45. The van der Waals surface area contributed by atoms with Crippen LogP contribution in [0.25, 0.3) is 22.3 Å². The standard InChI is InChI=1S/C18H13ClF3N3O.C17H12ClN3O/c19-15-4-1-13(2-5-15)14-3-6-16(25-10-14)17(26,18(20,21)22)7-12-8-23-11-24-9-12;18-15-4-1-13(2-5-15)14-3-6-16(21-10-14)17(22)7-12-8-19-11-20-9-12/h1-6,8-11,26H,7H2;1-6,8-11H,7H2. The molecule has 1 unspecified atom stereocenters. The van der Waals surface area contributed by atoms with Crippen molar-refractivity contribution in [1.29, 1.82) is 0 Å². The van der Waals surface area contributed by atoms with E-state index in [1.807, 2.05) is 30.3 Å². The van der Waals surface area contributed by atoms with Crippen LogP contribution in [-0.4, -0.2) is 47.0 Å². The smallest absolute Gasteiger partial charge is 0.375 e. The number of benzene rings is 2. The lowest BCUT2D eigenvalue weighted by Gasteiger charge is -2.30. The number of pyridine rings is 2. The van der Waals surface area contributed by atoms with Crippen LogP contribution in [0.4, 0.5) is 13.2 Å². The van der Waals surface area contributed by atoms with Crippen molar-refractivity contribution in [2.75, 3.05) is 0 Å². The van der Waals surface area contributed by atoms with E-state index in [2.05, 4.69) is 29.9 Å². The summed E-state index contributed by atoms with van der Waals surface area (Å²) in [6.45, 7) is 0. The third-order valence-corrected chi connectivity index (χ3v) is 7.62. The Morgan fingerprint density at radius 3 is 1.50 bits per heavy atom. The van der Waals surface area contributed by atoms with Gasteiger partial charge in [0.2, 0.25) is 5.60 Å². The lowest BCUT2D eigenvalue weighted by atomic mass is 9.90. The summed E-state index contributed by atoms with van der Waals surface area (Å²) >= 11 is 11.7. The maximum atomic E-state index is 13.6. The molecule has 242 valence electrons. The van der Waals surface area contributed by atoms with Crippen molar-refractivity contribution in [3.05, 3.63) is 155 Å². The molecular weight excluding hydrogens is 664 g/mol. The first-order chi connectivity index (χ1) is 23.0. The highest BCUT2D eigenvalue weighted by molar-refractivity contribution is 6.30. The van der Waals surface area contributed by atoms with E-state index in [0.717, 1.165) is 22.3 Å². The molecule has 4 aromatic heterocycles. The maximum absolute atomic E-state index is 13.6. The molecule has 0 spiro atoms. The molecule has 0 radical (unpaired) electrons. The van der Waals surface area contributed by atoms with E-state index in [4.69, 9.17) is 23.2 Å². The summed E-state index contributed by atoms with van der Waals surface area (Å²) in [7, 11) is 0. The Morgan fingerprint density at radius 2 is 1.06 bits per heavy atom. The van der Waals surface area contributed by atoms with Crippen LogP contribution < -0.4 is 0 Å². The molecule has 4 heterocycles. The van der Waals surface area contributed by atoms with Crippen LogP contribution >= 0.6 is 23.2 Å². The molecule has 0 saturated heterocycles. The van der Waals surface area contributed by atoms with E-state index in [-0.39, 0.29) is 17.8 Å². The van der Waals surface area contributed by atoms with Crippen LogP contribution in [0.5, 0.6) is 0 Å². The molecule has 0 bridgehead atoms. The quantitative estimate of drug-likeness (QED) is 0.161. The van der Waals surface area contributed by atoms with Gasteiger partial charge in [-0.3, -0.25) is 14.8 Å². The molecule has 0 aliphatic heterocycles. The number of rotatable bonds is 8. The van der Waals surface area contributed by atoms with Crippen molar-refractivity contribution in [1.82, 2.24) is 29.9 Å². The first-order valence-electron chi connectivity index (χ1n) is 14.3. The number of hydrogen-bond donors (Lipinski definition) is 1. The average Bonchev–Trinajstić information content (AvgIpc) is 3.10. The topological polar surface area (TPSA) is 115 Å². The summed E-state index contributed by atoms with van der Waals surface area (Å²) in [5.74, 6) is -0.0579. The summed E-state index contributed by atoms with van der Waals surface area (Å²) in [4.78, 5) is 35.5. The minimum absolute atomic E-state index is 0.0579. The third-order valence-electron chi connectivity index (χ3n) is 7.11. The summed E-state index contributed by atoms with van der Waals surface area (Å²) in [6, 6.07) is 20.6. The maximum Gasteiger partial charge on any atom is 0.423 e. The predicted octanol–water partition coefficient (Wildman–Crippen LogP) is 7.80. The Hall–Kier alpha value is -5.10. The summed E-state index contributed by atoms with van der Waals surface area (Å²) in [6.07, 6.45) is 5.94. The number of ketones is 1. The molecule has 0 amide bonds. The molecule has 0 aliphatic rings. The van der Waals surface area contributed by atoms with E-state index in [1.165, 1.54) is 43.4 Å². The molecule has 6 rings (SSSR count). The van der Waals surface area contributed by atoms with Crippen molar-refractivity contribution in [2.45, 2.75) is 24.6 Å². The number of carbonyl (C=O) groups is 1. The van der Waals surface area contributed by atoms with Gasteiger partial charge in [-0.15, -0.1) is 0 Å². The molecule has 0 saturated carbocycles. The van der Waals surface area contributed by atoms with E-state index >= 15 is 0 Å². The third kappa shape index (κ3) is 8.62. The lowest BCUT2D eigenvalue weighted by molar-refractivity contribution is -0.267. The highest BCUT2D eigenvalue weighted by Gasteiger charge is 2.56. The molecule has 1 N–H and O–H groups in total. The zero-order valence-corrected chi connectivity index (χ0v) is 26.4. The number of alkyl halides is 3. The van der Waals surface area contributed by atoms with Crippen molar-refractivity contribution in [3.63, 3.8) is 0 Å². The van der Waals surface area contributed by atoms with E-state index in [9.17, 15) is 23.1 Å². The van der Waals surface area contributed by atoms with Gasteiger partial charge in [0.25, 0.3) is 0 Å². The van der Waals surface area contributed by atoms with Gasteiger partial charge in [0.1, 0.15) is 18.3 Å². The van der Waals surface area contributed by atoms with Gasteiger partial charge >= 0.3 is 6.18 Å². The molecular formula is C35H25Cl2F3N6O2. The van der Waals surface area contributed by atoms with Crippen molar-refractivity contribution >= 4 is 29.0 Å². The second-order valence-electron chi connectivity index (χ2n) is 10.5. The normalized spacial score (nSPS) is 12.4. The van der Waals surface area contributed by atoms with Gasteiger partial charge in [-0.05, 0) is 58.7 Å². The molecule has 2 aromatic carbocycles. The number of carbonyl (C=O) groups excluding carboxylic acids is 1. The van der Waals surface area contributed by atoms with Gasteiger partial charge in [0.15, 0.2) is 5.78 Å². The SMILES string of the molecule is O=C(Cc1cncnc1)c1ccc(-c2ccc(Cl)cc2)cn1.OC(Cc1cncnc1)(c1ccc(-c2ccc(Cl)cc2)cn1)C(F)(F)F. The summed E-state index contributed by atoms with van der Waals surface area (Å²) in [5.41, 5.74) is 1.03. The van der Waals surface area contributed by atoms with Crippen molar-refractivity contribution in [3.8, 4) is 22.3 Å². The van der Waals surface area contributed by atoms with Gasteiger partial charge in [-0.1, -0.05) is 59.6 Å². The van der Waals surface area contributed by atoms with Gasteiger partial charge in [-0.2, -0.15) is 13.2 Å². The van der Waals surface area contributed by atoms with Crippen LogP contribution in [0, 0.1) is 0 Å². The van der Waals surface area contributed by atoms with Crippen molar-refractivity contribution < 1.29 is 23.1 Å².